The highest BCUT2D eigenvalue weighted by molar-refractivity contribution is 7.89. The van der Waals surface area contributed by atoms with Crippen LogP contribution in [-0.2, 0) is 10.0 Å². The Hall–Kier alpha value is -0.170. The van der Waals surface area contributed by atoms with Crippen LogP contribution in [0.3, 0.4) is 0 Å². The zero-order chi connectivity index (χ0) is 11.1. The number of rotatable bonds is 7. The monoisotopic (exact) mass is 236 g/mol. The molecule has 90 valence electrons. The second-order valence-electron chi connectivity index (χ2n) is 3.84. The Morgan fingerprint density at radius 2 is 1.93 bits per heavy atom. The number of sulfonamides is 1. The van der Waals surface area contributed by atoms with Gasteiger partial charge in [-0.1, -0.05) is 0 Å². The van der Waals surface area contributed by atoms with E-state index in [1.807, 2.05) is 0 Å². The molecule has 0 aromatic rings. The molecule has 15 heavy (non-hydrogen) atoms. The summed E-state index contributed by atoms with van der Waals surface area (Å²) >= 11 is 0. The van der Waals surface area contributed by atoms with E-state index in [0.29, 0.717) is 13.0 Å². The van der Waals surface area contributed by atoms with Gasteiger partial charge in [0, 0.05) is 19.7 Å². The van der Waals surface area contributed by atoms with E-state index in [1.165, 1.54) is 12.8 Å². The first-order valence-corrected chi connectivity index (χ1v) is 7.10. The number of nitrogens with one attached hydrogen (secondary N) is 1. The molecule has 0 saturated carbocycles. The third-order valence-electron chi connectivity index (χ3n) is 2.52. The molecule has 0 amide bonds. The summed E-state index contributed by atoms with van der Waals surface area (Å²) in [5, 5.41) is 8.53. The summed E-state index contributed by atoms with van der Waals surface area (Å²) in [7, 11) is -3.17. The van der Waals surface area contributed by atoms with Crippen LogP contribution in [0.5, 0.6) is 0 Å². The first-order valence-electron chi connectivity index (χ1n) is 5.44. The molecule has 1 aliphatic rings. The zero-order valence-corrected chi connectivity index (χ0v) is 9.80. The number of aliphatic hydroxyl groups excluding tert-OH is 1. The lowest BCUT2D eigenvalue weighted by atomic mass is 10.4. The minimum atomic E-state index is -3.17. The first-order chi connectivity index (χ1) is 7.14. The highest BCUT2D eigenvalue weighted by Gasteiger charge is 2.13. The Labute approximate surface area is 91.5 Å². The van der Waals surface area contributed by atoms with Gasteiger partial charge in [-0.15, -0.1) is 0 Å². The van der Waals surface area contributed by atoms with E-state index in [-0.39, 0.29) is 12.4 Å². The van der Waals surface area contributed by atoms with Gasteiger partial charge in [-0.2, -0.15) is 0 Å². The van der Waals surface area contributed by atoms with Gasteiger partial charge in [0.25, 0.3) is 0 Å². The zero-order valence-electron chi connectivity index (χ0n) is 8.98. The van der Waals surface area contributed by atoms with Gasteiger partial charge in [-0.05, 0) is 32.4 Å². The Bertz CT molecular complexity index is 261. The van der Waals surface area contributed by atoms with Crippen LogP contribution in [0.2, 0.25) is 0 Å². The molecule has 1 saturated heterocycles. The summed E-state index contributed by atoms with van der Waals surface area (Å²) < 4.78 is 25.2. The molecule has 0 unspecified atom stereocenters. The van der Waals surface area contributed by atoms with Gasteiger partial charge in [0.05, 0.1) is 5.75 Å². The first kappa shape index (κ1) is 12.9. The van der Waals surface area contributed by atoms with Gasteiger partial charge in [-0.3, -0.25) is 0 Å². The third-order valence-corrected chi connectivity index (χ3v) is 3.99. The van der Waals surface area contributed by atoms with Gasteiger partial charge < -0.3 is 10.0 Å². The smallest absolute Gasteiger partial charge is 0.211 e. The lowest BCUT2D eigenvalue weighted by molar-refractivity contribution is 0.295. The van der Waals surface area contributed by atoms with E-state index in [4.69, 9.17) is 5.11 Å². The van der Waals surface area contributed by atoms with Crippen LogP contribution >= 0.6 is 0 Å². The molecule has 0 bridgehead atoms. The molecule has 0 atom stereocenters. The lowest BCUT2D eigenvalue weighted by Gasteiger charge is -2.14. The van der Waals surface area contributed by atoms with Crippen molar-refractivity contribution in [1.82, 2.24) is 9.62 Å². The predicted octanol–water partition coefficient (Wildman–Crippen LogP) is -0.616. The van der Waals surface area contributed by atoms with Gasteiger partial charge in [0.15, 0.2) is 0 Å². The molecule has 0 aromatic carbocycles. The van der Waals surface area contributed by atoms with E-state index in [2.05, 4.69) is 9.62 Å². The number of hydrogen-bond donors (Lipinski definition) is 2. The highest BCUT2D eigenvalue weighted by Crippen LogP contribution is 2.05. The van der Waals surface area contributed by atoms with Crippen molar-refractivity contribution < 1.29 is 13.5 Å². The second kappa shape index (κ2) is 6.42. The standard InChI is InChI=1S/C9H20N2O3S/c12-8-3-9-15(13,14)10-4-7-11-5-1-2-6-11/h10,12H,1-9H2. The maximum Gasteiger partial charge on any atom is 0.211 e. The SMILES string of the molecule is O=S(=O)(CCCO)NCCN1CCCC1. The maximum atomic E-state index is 11.3. The van der Waals surface area contributed by atoms with Crippen LogP contribution in [0.4, 0.5) is 0 Å². The van der Waals surface area contributed by atoms with Crippen LogP contribution in [-0.4, -0.2) is 57.0 Å². The summed E-state index contributed by atoms with van der Waals surface area (Å²) in [5.41, 5.74) is 0. The van der Waals surface area contributed by atoms with Crippen LogP contribution in [0.25, 0.3) is 0 Å². The minimum Gasteiger partial charge on any atom is -0.396 e. The molecular weight excluding hydrogens is 216 g/mol. The second-order valence-corrected chi connectivity index (χ2v) is 5.77. The fourth-order valence-electron chi connectivity index (χ4n) is 1.69. The summed E-state index contributed by atoms with van der Waals surface area (Å²) in [5.74, 6) is 0.0174. The largest absolute Gasteiger partial charge is 0.396 e. The molecule has 2 N–H and O–H groups in total. The van der Waals surface area contributed by atoms with E-state index in [9.17, 15) is 8.42 Å². The summed E-state index contributed by atoms with van der Waals surface area (Å²) in [6, 6.07) is 0. The number of hydrogen-bond acceptors (Lipinski definition) is 4. The van der Waals surface area contributed by atoms with Gasteiger partial charge in [0.1, 0.15) is 0 Å². The number of likely N-dealkylation sites (tertiary alicyclic amines) is 1. The number of aliphatic hydroxyl groups is 1. The van der Waals surface area contributed by atoms with Crippen molar-refractivity contribution in [2.45, 2.75) is 19.3 Å². The molecular formula is C9H20N2O3S. The Morgan fingerprint density at radius 3 is 2.53 bits per heavy atom. The van der Waals surface area contributed by atoms with E-state index in [0.717, 1.165) is 19.6 Å². The molecule has 0 radical (unpaired) electrons. The average Bonchev–Trinajstić information content (AvgIpc) is 2.67. The topological polar surface area (TPSA) is 69.6 Å². The predicted molar refractivity (Wildman–Crippen MR) is 59.2 cm³/mol. The van der Waals surface area contributed by atoms with Crippen LogP contribution in [0.15, 0.2) is 0 Å². The molecule has 1 rings (SSSR count). The van der Waals surface area contributed by atoms with Crippen molar-refractivity contribution in [1.29, 1.82) is 0 Å². The molecule has 0 aliphatic carbocycles. The van der Waals surface area contributed by atoms with Crippen LogP contribution < -0.4 is 4.72 Å². The molecule has 1 fully saturated rings. The van der Waals surface area contributed by atoms with Crippen molar-refractivity contribution in [3.63, 3.8) is 0 Å². The summed E-state index contributed by atoms with van der Waals surface area (Å²) in [6.07, 6.45) is 2.74. The lowest BCUT2D eigenvalue weighted by Crippen LogP contribution is -2.34. The normalized spacial score (nSPS) is 18.5. The van der Waals surface area contributed by atoms with Gasteiger partial charge >= 0.3 is 0 Å². The Kier molecular flexibility index (Phi) is 5.52. The van der Waals surface area contributed by atoms with Crippen molar-refractivity contribution in [3.05, 3.63) is 0 Å². The number of nitrogens with zero attached hydrogens (tertiary/aromatic N) is 1. The van der Waals surface area contributed by atoms with E-state index < -0.39 is 10.0 Å². The van der Waals surface area contributed by atoms with Crippen LogP contribution in [0.1, 0.15) is 19.3 Å². The van der Waals surface area contributed by atoms with Crippen LogP contribution in [0, 0.1) is 0 Å². The van der Waals surface area contributed by atoms with Gasteiger partial charge in [-0.25, -0.2) is 13.1 Å². The molecule has 0 spiro atoms. The van der Waals surface area contributed by atoms with Crippen molar-refractivity contribution in [2.24, 2.45) is 0 Å². The van der Waals surface area contributed by atoms with Crippen molar-refractivity contribution >= 4 is 10.0 Å². The highest BCUT2D eigenvalue weighted by atomic mass is 32.2. The average molecular weight is 236 g/mol. The molecule has 6 heteroatoms. The molecule has 1 heterocycles. The molecule has 5 nitrogen and oxygen atoms in total. The molecule has 0 aromatic heterocycles. The Balaban J connectivity index is 2.12. The molecule has 1 aliphatic heterocycles. The van der Waals surface area contributed by atoms with Gasteiger partial charge in [0.2, 0.25) is 10.0 Å². The Morgan fingerprint density at radius 1 is 1.27 bits per heavy atom. The van der Waals surface area contributed by atoms with E-state index >= 15 is 0 Å². The fourth-order valence-corrected chi connectivity index (χ4v) is 2.75. The summed E-state index contributed by atoms with van der Waals surface area (Å²) in [6.45, 7) is 3.36. The minimum absolute atomic E-state index is 0.0174. The fraction of sp³-hybridized carbons (Fsp3) is 1.00. The third kappa shape index (κ3) is 5.46. The van der Waals surface area contributed by atoms with E-state index in [1.54, 1.807) is 0 Å². The maximum absolute atomic E-state index is 11.3. The summed E-state index contributed by atoms with van der Waals surface area (Å²) in [4.78, 5) is 2.26. The van der Waals surface area contributed by atoms with Crippen molar-refractivity contribution in [2.75, 3.05) is 38.5 Å². The quantitative estimate of drug-likeness (QED) is 0.618. The van der Waals surface area contributed by atoms with Crippen molar-refractivity contribution in [3.8, 4) is 0 Å².